The molecule has 0 bridgehead atoms. The summed E-state index contributed by atoms with van der Waals surface area (Å²) in [6, 6.07) is 8.47. The number of aromatic nitrogens is 3. The molecule has 0 fully saturated rings. The highest BCUT2D eigenvalue weighted by atomic mass is 35.5. The van der Waals surface area contributed by atoms with Gasteiger partial charge in [-0.05, 0) is 18.2 Å². The highest BCUT2D eigenvalue weighted by Gasteiger charge is 2.15. The fourth-order valence-corrected chi connectivity index (χ4v) is 2.36. The molecule has 0 aromatic carbocycles. The van der Waals surface area contributed by atoms with Gasteiger partial charge in [0.15, 0.2) is 0 Å². The SMILES string of the molecule is COc1cccc(C(O)CNC(=O)c2cn3cc(Cl)ccc3n2)n1. The lowest BCUT2D eigenvalue weighted by molar-refractivity contribution is 0.0909. The number of fused-ring (bicyclic) bond motifs is 1. The van der Waals surface area contributed by atoms with Gasteiger partial charge in [0.05, 0.1) is 17.8 Å². The van der Waals surface area contributed by atoms with Crippen molar-refractivity contribution in [1.82, 2.24) is 19.7 Å². The normalized spacial score (nSPS) is 12.1. The molecule has 3 aromatic heterocycles. The first-order valence-corrected chi connectivity index (χ1v) is 7.56. The third-order valence-corrected chi connectivity index (χ3v) is 3.62. The van der Waals surface area contributed by atoms with Gasteiger partial charge in [0.1, 0.15) is 17.4 Å². The van der Waals surface area contributed by atoms with E-state index >= 15 is 0 Å². The lowest BCUT2D eigenvalue weighted by atomic mass is 10.2. The Bertz CT molecular complexity index is 881. The second-order valence-corrected chi connectivity index (χ2v) is 5.51. The molecule has 0 saturated heterocycles. The molecule has 0 radical (unpaired) electrons. The minimum atomic E-state index is -0.949. The minimum Gasteiger partial charge on any atom is -0.481 e. The summed E-state index contributed by atoms with van der Waals surface area (Å²) in [4.78, 5) is 20.5. The van der Waals surface area contributed by atoms with E-state index in [4.69, 9.17) is 16.3 Å². The summed E-state index contributed by atoms with van der Waals surface area (Å²) in [5.74, 6) is 0.00637. The molecule has 3 rings (SSSR count). The van der Waals surface area contributed by atoms with Gasteiger partial charge < -0.3 is 19.6 Å². The summed E-state index contributed by atoms with van der Waals surface area (Å²) >= 11 is 5.90. The molecule has 0 saturated carbocycles. The second kappa shape index (κ2) is 6.86. The summed E-state index contributed by atoms with van der Waals surface area (Å²) in [7, 11) is 1.50. The fourth-order valence-electron chi connectivity index (χ4n) is 2.19. The first kappa shape index (κ1) is 16.2. The van der Waals surface area contributed by atoms with Crippen LogP contribution in [0.3, 0.4) is 0 Å². The van der Waals surface area contributed by atoms with Crippen molar-refractivity contribution >= 4 is 23.2 Å². The quantitative estimate of drug-likeness (QED) is 0.736. The smallest absolute Gasteiger partial charge is 0.271 e. The summed E-state index contributed by atoms with van der Waals surface area (Å²) in [6.07, 6.45) is 2.29. The summed E-state index contributed by atoms with van der Waals surface area (Å²) in [6.45, 7) is 0.00757. The number of nitrogens with zero attached hydrogens (tertiary/aromatic N) is 3. The Balaban J connectivity index is 1.67. The third kappa shape index (κ3) is 3.47. The zero-order valence-corrected chi connectivity index (χ0v) is 13.6. The number of carbonyl (C=O) groups is 1. The lowest BCUT2D eigenvalue weighted by Crippen LogP contribution is -2.29. The molecule has 0 spiro atoms. The number of ether oxygens (including phenoxy) is 1. The van der Waals surface area contributed by atoms with Crippen LogP contribution < -0.4 is 10.1 Å². The molecule has 24 heavy (non-hydrogen) atoms. The number of nitrogens with one attached hydrogen (secondary N) is 1. The summed E-state index contributed by atoms with van der Waals surface area (Å²) in [5, 5.41) is 13.3. The van der Waals surface area contributed by atoms with Crippen LogP contribution in [-0.4, -0.2) is 39.0 Å². The van der Waals surface area contributed by atoms with Crippen molar-refractivity contribution in [3.63, 3.8) is 0 Å². The van der Waals surface area contributed by atoms with Crippen molar-refractivity contribution < 1.29 is 14.6 Å². The van der Waals surface area contributed by atoms with Crippen LogP contribution in [-0.2, 0) is 0 Å². The Hall–Kier alpha value is -2.64. The summed E-state index contributed by atoms with van der Waals surface area (Å²) < 4.78 is 6.67. The predicted molar refractivity (Wildman–Crippen MR) is 88.3 cm³/mol. The van der Waals surface area contributed by atoms with E-state index < -0.39 is 12.0 Å². The van der Waals surface area contributed by atoms with Gasteiger partial charge in [0, 0.05) is 25.0 Å². The van der Waals surface area contributed by atoms with E-state index in [2.05, 4.69) is 15.3 Å². The van der Waals surface area contributed by atoms with Crippen LogP contribution in [0.5, 0.6) is 5.88 Å². The van der Waals surface area contributed by atoms with E-state index in [9.17, 15) is 9.90 Å². The van der Waals surface area contributed by atoms with Crippen LogP contribution in [0.15, 0.2) is 42.7 Å². The van der Waals surface area contributed by atoms with E-state index in [0.717, 1.165) is 0 Å². The van der Waals surface area contributed by atoms with Crippen LogP contribution in [0.4, 0.5) is 0 Å². The number of aliphatic hydroxyl groups is 1. The van der Waals surface area contributed by atoms with Crippen molar-refractivity contribution in [2.75, 3.05) is 13.7 Å². The van der Waals surface area contributed by atoms with E-state index in [1.165, 1.54) is 7.11 Å². The Labute approximate surface area is 142 Å². The standard InChI is InChI=1S/C16H15ClN4O3/c1-24-15-4-2-3-11(20-15)13(22)7-18-16(23)12-9-21-8-10(17)5-6-14(21)19-12/h2-6,8-9,13,22H,7H2,1H3,(H,18,23). The van der Waals surface area contributed by atoms with Crippen molar-refractivity contribution in [3.8, 4) is 5.88 Å². The van der Waals surface area contributed by atoms with Gasteiger partial charge >= 0.3 is 0 Å². The lowest BCUT2D eigenvalue weighted by Gasteiger charge is -2.11. The van der Waals surface area contributed by atoms with Gasteiger partial charge in [0.2, 0.25) is 5.88 Å². The zero-order chi connectivity index (χ0) is 17.1. The maximum Gasteiger partial charge on any atom is 0.271 e. The molecular weight excluding hydrogens is 332 g/mol. The number of hydrogen-bond donors (Lipinski definition) is 2. The fraction of sp³-hybridized carbons (Fsp3) is 0.188. The Morgan fingerprint density at radius 2 is 2.17 bits per heavy atom. The van der Waals surface area contributed by atoms with Crippen LogP contribution in [0, 0.1) is 0 Å². The maximum absolute atomic E-state index is 12.2. The number of carbonyl (C=O) groups excluding carboxylic acids is 1. The number of aliphatic hydroxyl groups excluding tert-OH is 1. The molecule has 1 amide bonds. The molecule has 3 aromatic rings. The van der Waals surface area contributed by atoms with Crippen molar-refractivity contribution in [1.29, 1.82) is 0 Å². The van der Waals surface area contributed by atoms with Crippen molar-refractivity contribution in [2.24, 2.45) is 0 Å². The van der Waals surface area contributed by atoms with Crippen LogP contribution in [0.2, 0.25) is 5.02 Å². The van der Waals surface area contributed by atoms with Crippen LogP contribution >= 0.6 is 11.6 Å². The van der Waals surface area contributed by atoms with Gasteiger partial charge in [-0.1, -0.05) is 17.7 Å². The Kier molecular flexibility index (Phi) is 4.64. The van der Waals surface area contributed by atoms with Gasteiger partial charge in [-0.25, -0.2) is 9.97 Å². The van der Waals surface area contributed by atoms with Gasteiger partial charge in [0.25, 0.3) is 5.91 Å². The molecular formula is C16H15ClN4O3. The van der Waals surface area contributed by atoms with Gasteiger partial charge in [-0.3, -0.25) is 4.79 Å². The van der Waals surface area contributed by atoms with E-state index in [-0.39, 0.29) is 12.2 Å². The average molecular weight is 347 g/mol. The second-order valence-electron chi connectivity index (χ2n) is 5.07. The zero-order valence-electron chi connectivity index (χ0n) is 12.8. The predicted octanol–water partition coefficient (Wildman–Crippen LogP) is 1.85. The largest absolute Gasteiger partial charge is 0.481 e. The monoisotopic (exact) mass is 346 g/mol. The molecule has 0 aliphatic rings. The first-order chi connectivity index (χ1) is 11.6. The number of pyridine rings is 2. The molecule has 1 unspecified atom stereocenters. The number of halogens is 1. The van der Waals surface area contributed by atoms with Crippen molar-refractivity contribution in [3.05, 3.63) is 59.1 Å². The van der Waals surface area contributed by atoms with Gasteiger partial charge in [-0.15, -0.1) is 0 Å². The van der Waals surface area contributed by atoms with E-state index in [0.29, 0.717) is 22.2 Å². The van der Waals surface area contributed by atoms with E-state index in [1.54, 1.807) is 47.1 Å². The molecule has 7 nitrogen and oxygen atoms in total. The van der Waals surface area contributed by atoms with Crippen LogP contribution in [0.1, 0.15) is 22.3 Å². The number of amides is 1. The maximum atomic E-state index is 12.2. The molecule has 8 heteroatoms. The Morgan fingerprint density at radius 3 is 2.96 bits per heavy atom. The molecule has 1 atom stereocenters. The molecule has 124 valence electrons. The average Bonchev–Trinajstić information content (AvgIpc) is 3.02. The number of hydrogen-bond acceptors (Lipinski definition) is 5. The first-order valence-electron chi connectivity index (χ1n) is 7.18. The summed E-state index contributed by atoms with van der Waals surface area (Å²) in [5.41, 5.74) is 1.26. The molecule has 0 aliphatic carbocycles. The number of imidazole rings is 1. The van der Waals surface area contributed by atoms with E-state index in [1.807, 2.05) is 0 Å². The topological polar surface area (TPSA) is 88.8 Å². The van der Waals surface area contributed by atoms with Gasteiger partial charge in [-0.2, -0.15) is 0 Å². The third-order valence-electron chi connectivity index (χ3n) is 3.40. The Morgan fingerprint density at radius 1 is 1.33 bits per heavy atom. The number of rotatable bonds is 5. The molecule has 2 N–H and O–H groups in total. The number of methoxy groups -OCH3 is 1. The highest BCUT2D eigenvalue weighted by molar-refractivity contribution is 6.30. The minimum absolute atomic E-state index is 0.00757. The van der Waals surface area contributed by atoms with Crippen LogP contribution in [0.25, 0.3) is 5.65 Å². The molecule has 3 heterocycles. The molecule has 0 aliphatic heterocycles. The highest BCUT2D eigenvalue weighted by Crippen LogP contribution is 2.14. The van der Waals surface area contributed by atoms with Crippen molar-refractivity contribution in [2.45, 2.75) is 6.10 Å².